The van der Waals surface area contributed by atoms with Crippen molar-refractivity contribution in [2.45, 2.75) is 32.9 Å². The van der Waals surface area contributed by atoms with Gasteiger partial charge in [-0.1, -0.05) is 48.6 Å². The number of para-hydroxylation sites is 2. The van der Waals surface area contributed by atoms with E-state index >= 15 is 0 Å². The van der Waals surface area contributed by atoms with E-state index in [-0.39, 0.29) is 23.6 Å². The van der Waals surface area contributed by atoms with Crippen molar-refractivity contribution in [1.29, 1.82) is 0 Å². The molecule has 0 aromatic heterocycles. The van der Waals surface area contributed by atoms with Gasteiger partial charge in [0.05, 0.1) is 23.6 Å². The molecule has 0 aliphatic carbocycles. The van der Waals surface area contributed by atoms with E-state index in [1.54, 1.807) is 0 Å². The van der Waals surface area contributed by atoms with Gasteiger partial charge in [0, 0.05) is 5.69 Å². The zero-order valence-corrected chi connectivity index (χ0v) is 16.6. The van der Waals surface area contributed by atoms with E-state index in [9.17, 15) is 14.4 Å². The Morgan fingerprint density at radius 1 is 0.897 bits per heavy atom. The molecule has 29 heavy (non-hydrogen) atoms. The summed E-state index contributed by atoms with van der Waals surface area (Å²) in [5, 5.41) is 0. The van der Waals surface area contributed by atoms with Gasteiger partial charge in [-0.2, -0.15) is 0 Å². The van der Waals surface area contributed by atoms with Gasteiger partial charge in [0.1, 0.15) is 6.04 Å². The number of hydrogen-bond donors (Lipinski definition) is 0. The molecule has 2 aromatic carbocycles. The van der Waals surface area contributed by atoms with Crippen molar-refractivity contribution in [3.8, 4) is 0 Å². The lowest BCUT2D eigenvalue weighted by molar-refractivity contribution is -0.126. The Labute approximate surface area is 169 Å². The number of amides is 2. The minimum absolute atomic E-state index is 0.0860. The zero-order valence-electron chi connectivity index (χ0n) is 16.6. The predicted molar refractivity (Wildman–Crippen MR) is 112 cm³/mol. The van der Waals surface area contributed by atoms with E-state index < -0.39 is 17.9 Å². The number of hydrogen-bond acceptors (Lipinski definition) is 4. The van der Waals surface area contributed by atoms with Crippen molar-refractivity contribution in [3.05, 3.63) is 65.2 Å². The van der Waals surface area contributed by atoms with E-state index in [0.29, 0.717) is 5.69 Å². The maximum atomic E-state index is 13.6. The van der Waals surface area contributed by atoms with E-state index in [1.165, 1.54) is 11.8 Å². The van der Waals surface area contributed by atoms with Gasteiger partial charge in [-0.05, 0) is 43.5 Å². The molecule has 0 bridgehead atoms. The summed E-state index contributed by atoms with van der Waals surface area (Å²) in [6, 6.07) is 12.6. The molecule has 5 heteroatoms. The van der Waals surface area contributed by atoms with Gasteiger partial charge in [0.15, 0.2) is 5.78 Å². The molecule has 0 spiro atoms. The Hall–Kier alpha value is -3.21. The first-order valence-corrected chi connectivity index (χ1v) is 9.92. The van der Waals surface area contributed by atoms with E-state index in [2.05, 4.69) is 0 Å². The lowest BCUT2D eigenvalue weighted by Crippen LogP contribution is -2.48. The number of Topliss-reactive ketones (excluding diaryl/α,β-unsaturated/α-hetero) is 1. The molecule has 2 aromatic rings. The number of ketones is 1. The summed E-state index contributed by atoms with van der Waals surface area (Å²) in [4.78, 5) is 43.2. The number of rotatable bonds is 2. The Morgan fingerprint density at radius 2 is 1.55 bits per heavy atom. The van der Waals surface area contributed by atoms with Gasteiger partial charge in [-0.3, -0.25) is 14.4 Å². The summed E-state index contributed by atoms with van der Waals surface area (Å²) in [6.45, 7) is 5.33. The Morgan fingerprint density at radius 3 is 2.24 bits per heavy atom. The molecule has 2 saturated heterocycles. The normalized spacial score (nSPS) is 27.1. The second kappa shape index (κ2) is 6.14. The molecular weight excluding hydrogens is 364 g/mol. The highest BCUT2D eigenvalue weighted by molar-refractivity contribution is 6.25. The molecule has 3 aliphatic rings. The minimum atomic E-state index is -0.667. The Kier molecular flexibility index (Phi) is 3.78. The summed E-state index contributed by atoms with van der Waals surface area (Å²) in [5.41, 5.74) is 4.33. The van der Waals surface area contributed by atoms with Crippen molar-refractivity contribution in [1.82, 2.24) is 0 Å². The summed E-state index contributed by atoms with van der Waals surface area (Å²) in [5.74, 6) is -1.78. The van der Waals surface area contributed by atoms with E-state index in [4.69, 9.17) is 0 Å². The second-order valence-corrected chi connectivity index (χ2v) is 8.18. The molecule has 4 atom stereocenters. The van der Waals surface area contributed by atoms with Gasteiger partial charge in [0.25, 0.3) is 0 Å². The fourth-order valence-corrected chi connectivity index (χ4v) is 5.35. The first kappa shape index (κ1) is 17.9. The van der Waals surface area contributed by atoms with Crippen LogP contribution in [0.5, 0.6) is 0 Å². The maximum Gasteiger partial charge on any atom is 0.240 e. The maximum absolute atomic E-state index is 13.6. The quantitative estimate of drug-likeness (QED) is 0.744. The molecule has 3 heterocycles. The van der Waals surface area contributed by atoms with Crippen LogP contribution in [0.25, 0.3) is 6.08 Å². The molecular formula is C24H22N2O3. The van der Waals surface area contributed by atoms with Gasteiger partial charge in [-0.25, -0.2) is 4.90 Å². The summed E-state index contributed by atoms with van der Waals surface area (Å²) in [6.07, 6.45) is 3.97. The SMILES string of the molecule is CC(=O)C1C2C(=O)N(c3c(C)cccc3C)C(=O)C2C2C=Cc3ccccc3N21. The number of nitrogens with zero attached hydrogens (tertiary/aromatic N) is 2. The van der Waals surface area contributed by atoms with Gasteiger partial charge in [0.2, 0.25) is 11.8 Å². The third-order valence-electron chi connectivity index (χ3n) is 6.49. The Balaban J connectivity index is 1.66. The Bertz CT molecular complexity index is 1080. The van der Waals surface area contributed by atoms with Crippen LogP contribution in [0.15, 0.2) is 48.5 Å². The highest BCUT2D eigenvalue weighted by atomic mass is 16.2. The predicted octanol–water partition coefficient (Wildman–Crippen LogP) is 3.28. The fraction of sp³-hybridized carbons (Fsp3) is 0.292. The first-order chi connectivity index (χ1) is 13.9. The molecule has 0 radical (unpaired) electrons. The van der Waals surface area contributed by atoms with Crippen molar-refractivity contribution in [2.75, 3.05) is 9.80 Å². The molecule has 2 fully saturated rings. The largest absolute Gasteiger partial charge is 0.353 e. The van der Waals surface area contributed by atoms with Gasteiger partial charge >= 0.3 is 0 Å². The smallest absolute Gasteiger partial charge is 0.240 e. The van der Waals surface area contributed by atoms with Crippen molar-refractivity contribution >= 4 is 35.0 Å². The number of carbonyl (C=O) groups excluding carboxylic acids is 3. The first-order valence-electron chi connectivity index (χ1n) is 9.92. The summed E-state index contributed by atoms with van der Waals surface area (Å²) in [7, 11) is 0. The standard InChI is InChI=1S/C24H22N2O3/c1-13-7-6-8-14(2)21(13)26-23(28)19-18-12-11-16-9-4-5-10-17(16)25(18)22(15(3)27)20(19)24(26)29/h4-12,18-20,22H,1-3H3. The van der Waals surface area contributed by atoms with Crippen LogP contribution in [-0.2, 0) is 14.4 Å². The topological polar surface area (TPSA) is 57.7 Å². The van der Waals surface area contributed by atoms with Crippen LogP contribution in [0.4, 0.5) is 11.4 Å². The van der Waals surface area contributed by atoms with Crippen LogP contribution in [0, 0.1) is 25.7 Å². The highest BCUT2D eigenvalue weighted by Crippen LogP contribution is 2.49. The average Bonchev–Trinajstić information content (AvgIpc) is 3.17. The van der Waals surface area contributed by atoms with Crippen LogP contribution in [0.1, 0.15) is 23.6 Å². The fourth-order valence-electron chi connectivity index (χ4n) is 5.35. The molecule has 146 valence electrons. The summed E-state index contributed by atoms with van der Waals surface area (Å²) < 4.78 is 0. The van der Waals surface area contributed by atoms with E-state index in [1.807, 2.05) is 73.4 Å². The molecule has 4 unspecified atom stereocenters. The number of benzene rings is 2. The van der Waals surface area contributed by atoms with Crippen molar-refractivity contribution in [2.24, 2.45) is 11.8 Å². The molecule has 0 saturated carbocycles. The highest BCUT2D eigenvalue weighted by Gasteiger charge is 2.63. The van der Waals surface area contributed by atoms with Crippen LogP contribution in [-0.4, -0.2) is 29.7 Å². The minimum Gasteiger partial charge on any atom is -0.353 e. The molecule has 2 amide bonds. The van der Waals surface area contributed by atoms with Crippen molar-refractivity contribution in [3.63, 3.8) is 0 Å². The third kappa shape index (κ3) is 2.30. The third-order valence-corrected chi connectivity index (χ3v) is 6.49. The van der Waals surface area contributed by atoms with Crippen LogP contribution in [0.2, 0.25) is 0 Å². The lowest BCUT2D eigenvalue weighted by Gasteiger charge is -2.36. The summed E-state index contributed by atoms with van der Waals surface area (Å²) >= 11 is 0. The number of carbonyl (C=O) groups is 3. The monoisotopic (exact) mass is 386 g/mol. The molecule has 0 N–H and O–H groups in total. The van der Waals surface area contributed by atoms with Crippen LogP contribution >= 0.6 is 0 Å². The van der Waals surface area contributed by atoms with Crippen LogP contribution < -0.4 is 9.80 Å². The average molecular weight is 386 g/mol. The lowest BCUT2D eigenvalue weighted by atomic mass is 9.88. The second-order valence-electron chi connectivity index (χ2n) is 8.18. The zero-order chi connectivity index (χ0) is 20.4. The van der Waals surface area contributed by atoms with Crippen LogP contribution in [0.3, 0.4) is 0 Å². The van der Waals surface area contributed by atoms with E-state index in [0.717, 1.165) is 22.4 Å². The van der Waals surface area contributed by atoms with Gasteiger partial charge < -0.3 is 4.90 Å². The number of aryl methyl sites for hydroxylation is 2. The molecule has 5 rings (SSSR count). The number of anilines is 2. The number of imide groups is 1. The molecule has 3 aliphatic heterocycles. The molecule has 5 nitrogen and oxygen atoms in total. The van der Waals surface area contributed by atoms with Crippen molar-refractivity contribution < 1.29 is 14.4 Å². The number of fused-ring (bicyclic) bond motifs is 5. The van der Waals surface area contributed by atoms with Gasteiger partial charge in [-0.15, -0.1) is 0 Å².